The van der Waals surface area contributed by atoms with Gasteiger partial charge in [0, 0.05) is 27.9 Å². The second-order valence-corrected chi connectivity index (χ2v) is 10.6. The Morgan fingerprint density at radius 3 is 1.81 bits per heavy atom. The number of hydrogen-bond donors (Lipinski definition) is 0. The Kier molecular flexibility index (Phi) is 5.82. The molecule has 0 bridgehead atoms. The quantitative estimate of drug-likeness (QED) is 0.216. The molecule has 2 nitrogen and oxygen atoms in total. The molecule has 1 heterocycles. The lowest BCUT2D eigenvalue weighted by molar-refractivity contribution is 0.487. The first-order valence-corrected chi connectivity index (χ1v) is 14.3. The molecule has 0 saturated carbocycles. The van der Waals surface area contributed by atoms with Crippen LogP contribution in [0.2, 0.25) is 0 Å². The number of fused-ring (bicyclic) bond motifs is 2. The van der Waals surface area contributed by atoms with Crippen molar-refractivity contribution in [2.24, 2.45) is 0 Å². The monoisotopic (exact) mass is 537 g/mol. The molecule has 1 aliphatic heterocycles. The van der Waals surface area contributed by atoms with Crippen molar-refractivity contribution < 1.29 is 4.74 Å². The van der Waals surface area contributed by atoms with Gasteiger partial charge in [-0.05, 0) is 82.2 Å². The molecule has 0 atom stereocenters. The van der Waals surface area contributed by atoms with Gasteiger partial charge in [0.05, 0.1) is 5.69 Å². The molecule has 1 aliphatic rings. The first-order chi connectivity index (χ1) is 20.8. The molecule has 0 fully saturated rings. The summed E-state index contributed by atoms with van der Waals surface area (Å²) >= 11 is 0. The molecule has 8 rings (SSSR count). The predicted molar refractivity (Wildman–Crippen MR) is 175 cm³/mol. The fraction of sp³-hybridized carbons (Fsp3) is 0. The second-order valence-electron chi connectivity index (χ2n) is 10.6. The zero-order valence-electron chi connectivity index (χ0n) is 22.9. The summed E-state index contributed by atoms with van der Waals surface area (Å²) in [5.74, 6) is 1.80. The van der Waals surface area contributed by atoms with Crippen molar-refractivity contribution in [2.75, 3.05) is 4.90 Å². The lowest BCUT2D eigenvalue weighted by Gasteiger charge is -2.28. The molecule has 0 radical (unpaired) electrons. The molecule has 0 spiro atoms. The molecule has 2 heteroatoms. The number of anilines is 3. The minimum absolute atomic E-state index is 0.896. The number of ether oxygens (including phenoxy) is 1. The van der Waals surface area contributed by atoms with E-state index in [0.29, 0.717) is 0 Å². The molecule has 0 N–H and O–H groups in total. The Morgan fingerprint density at radius 2 is 1.00 bits per heavy atom. The maximum absolute atomic E-state index is 6.31. The average Bonchev–Trinajstić information content (AvgIpc) is 3.06. The highest BCUT2D eigenvalue weighted by molar-refractivity contribution is 6.07. The summed E-state index contributed by atoms with van der Waals surface area (Å²) in [6.07, 6.45) is 0. The summed E-state index contributed by atoms with van der Waals surface area (Å²) in [5, 5.41) is 2.33. The molecular weight excluding hydrogens is 510 g/mol. The molecule has 0 unspecified atom stereocenters. The fourth-order valence-electron chi connectivity index (χ4n) is 6.09. The van der Waals surface area contributed by atoms with E-state index < -0.39 is 0 Å². The van der Waals surface area contributed by atoms with E-state index >= 15 is 0 Å². The van der Waals surface area contributed by atoms with Gasteiger partial charge in [0.25, 0.3) is 0 Å². The Labute approximate surface area is 245 Å². The van der Waals surface area contributed by atoms with E-state index in [4.69, 9.17) is 4.74 Å². The maximum Gasteiger partial charge on any atom is 0.135 e. The first kappa shape index (κ1) is 24.2. The van der Waals surface area contributed by atoms with Crippen molar-refractivity contribution in [3.05, 3.63) is 164 Å². The van der Waals surface area contributed by atoms with Crippen LogP contribution in [0.5, 0.6) is 11.5 Å². The van der Waals surface area contributed by atoms with Gasteiger partial charge in [-0.1, -0.05) is 109 Å². The number of hydrogen-bond acceptors (Lipinski definition) is 2. The largest absolute Gasteiger partial charge is 0.456 e. The summed E-state index contributed by atoms with van der Waals surface area (Å²) in [5.41, 5.74) is 10.4. The summed E-state index contributed by atoms with van der Waals surface area (Å²) in [6, 6.07) is 58.0. The molecule has 0 aromatic heterocycles. The van der Waals surface area contributed by atoms with Crippen LogP contribution in [0.15, 0.2) is 164 Å². The van der Waals surface area contributed by atoms with Crippen LogP contribution in [0.25, 0.3) is 44.2 Å². The smallest absolute Gasteiger partial charge is 0.135 e. The van der Waals surface area contributed by atoms with E-state index in [0.717, 1.165) is 39.5 Å². The SMILES string of the molecule is c1ccc(-c2ccc(N(c3ccccc3)c3ccccc3-c3cc4c5c(cccc5c3)Oc3ccccc3-4)cc2)cc1. The highest BCUT2D eigenvalue weighted by Crippen LogP contribution is 2.49. The van der Waals surface area contributed by atoms with Crippen molar-refractivity contribution in [1.29, 1.82) is 0 Å². The average molecular weight is 538 g/mol. The van der Waals surface area contributed by atoms with E-state index in [1.807, 2.05) is 12.1 Å². The van der Waals surface area contributed by atoms with Gasteiger partial charge in [0.1, 0.15) is 11.5 Å². The van der Waals surface area contributed by atoms with E-state index in [1.165, 1.54) is 33.2 Å². The maximum atomic E-state index is 6.31. The standard InChI is InChI=1S/C40H27NO/c1-3-12-28(13-4-1)29-22-24-33(25-23-29)41(32-15-5-2-6-16-32)37-19-9-7-17-34(37)31-26-30-14-11-21-39-40(30)36(27-31)35-18-8-10-20-38(35)42-39/h1-27H. The number of para-hydroxylation sites is 3. The van der Waals surface area contributed by atoms with Crippen LogP contribution in [-0.2, 0) is 0 Å². The first-order valence-electron chi connectivity index (χ1n) is 14.3. The van der Waals surface area contributed by atoms with E-state index in [-0.39, 0.29) is 0 Å². The van der Waals surface area contributed by atoms with Gasteiger partial charge in [-0.15, -0.1) is 0 Å². The molecule has 198 valence electrons. The van der Waals surface area contributed by atoms with Crippen LogP contribution in [0.4, 0.5) is 17.1 Å². The third-order valence-electron chi connectivity index (χ3n) is 8.04. The van der Waals surface area contributed by atoms with Crippen LogP contribution >= 0.6 is 0 Å². The Bertz CT molecular complexity index is 2050. The highest BCUT2D eigenvalue weighted by atomic mass is 16.5. The third-order valence-corrected chi connectivity index (χ3v) is 8.04. The van der Waals surface area contributed by atoms with E-state index in [2.05, 4.69) is 157 Å². The van der Waals surface area contributed by atoms with Crippen molar-refractivity contribution in [1.82, 2.24) is 0 Å². The van der Waals surface area contributed by atoms with Crippen LogP contribution < -0.4 is 9.64 Å². The van der Waals surface area contributed by atoms with E-state index in [9.17, 15) is 0 Å². The lowest BCUT2D eigenvalue weighted by Crippen LogP contribution is -2.11. The molecule has 42 heavy (non-hydrogen) atoms. The molecule has 7 aromatic carbocycles. The second kappa shape index (κ2) is 10.1. The Morgan fingerprint density at radius 1 is 0.381 bits per heavy atom. The molecule has 7 aromatic rings. The van der Waals surface area contributed by atoms with Gasteiger partial charge in [-0.2, -0.15) is 0 Å². The summed E-state index contributed by atoms with van der Waals surface area (Å²) < 4.78 is 6.31. The highest BCUT2D eigenvalue weighted by Gasteiger charge is 2.22. The molecule has 0 aliphatic carbocycles. The van der Waals surface area contributed by atoms with Gasteiger partial charge >= 0.3 is 0 Å². The van der Waals surface area contributed by atoms with Gasteiger partial charge in [-0.3, -0.25) is 0 Å². The summed E-state index contributed by atoms with van der Waals surface area (Å²) in [4.78, 5) is 2.35. The Hall–Kier alpha value is -5.60. The number of benzene rings is 7. The van der Waals surface area contributed by atoms with Crippen LogP contribution in [0, 0.1) is 0 Å². The molecular formula is C40H27NO. The summed E-state index contributed by atoms with van der Waals surface area (Å²) in [6.45, 7) is 0. The van der Waals surface area contributed by atoms with Crippen LogP contribution in [0.1, 0.15) is 0 Å². The fourth-order valence-corrected chi connectivity index (χ4v) is 6.09. The third kappa shape index (κ3) is 4.13. The molecule has 0 saturated heterocycles. The minimum atomic E-state index is 0.896. The van der Waals surface area contributed by atoms with Gasteiger partial charge in [0.2, 0.25) is 0 Å². The normalized spacial score (nSPS) is 11.5. The minimum Gasteiger partial charge on any atom is -0.456 e. The Balaban J connectivity index is 1.32. The van der Waals surface area contributed by atoms with Gasteiger partial charge in [-0.25, -0.2) is 0 Å². The number of rotatable bonds is 5. The zero-order chi connectivity index (χ0) is 27.9. The van der Waals surface area contributed by atoms with Gasteiger partial charge in [0.15, 0.2) is 0 Å². The molecule has 0 amide bonds. The van der Waals surface area contributed by atoms with Crippen molar-refractivity contribution >= 4 is 27.8 Å². The van der Waals surface area contributed by atoms with Crippen LogP contribution in [0.3, 0.4) is 0 Å². The van der Waals surface area contributed by atoms with Crippen molar-refractivity contribution in [2.45, 2.75) is 0 Å². The van der Waals surface area contributed by atoms with Crippen molar-refractivity contribution in [3.8, 4) is 44.9 Å². The number of nitrogens with zero attached hydrogens (tertiary/aromatic N) is 1. The topological polar surface area (TPSA) is 12.5 Å². The predicted octanol–water partition coefficient (Wildman–Crippen LogP) is 11.4. The summed E-state index contributed by atoms with van der Waals surface area (Å²) in [7, 11) is 0. The van der Waals surface area contributed by atoms with Gasteiger partial charge < -0.3 is 9.64 Å². The van der Waals surface area contributed by atoms with Crippen LogP contribution in [-0.4, -0.2) is 0 Å². The zero-order valence-corrected chi connectivity index (χ0v) is 22.9. The van der Waals surface area contributed by atoms with E-state index in [1.54, 1.807) is 0 Å². The van der Waals surface area contributed by atoms with Crippen molar-refractivity contribution in [3.63, 3.8) is 0 Å². The lowest BCUT2D eigenvalue weighted by atomic mass is 9.90.